The van der Waals surface area contributed by atoms with Crippen LogP contribution in [0.1, 0.15) is 5.56 Å². The van der Waals surface area contributed by atoms with E-state index >= 15 is 0 Å². The summed E-state index contributed by atoms with van der Waals surface area (Å²) in [5, 5.41) is 0. The average molecular weight is 361 g/mol. The second-order valence-electron chi connectivity index (χ2n) is 6.98. The van der Waals surface area contributed by atoms with Crippen molar-refractivity contribution in [2.24, 2.45) is 0 Å². The summed E-state index contributed by atoms with van der Waals surface area (Å²) in [4.78, 5) is 0. The molecule has 3 aromatic carbocycles. The van der Waals surface area contributed by atoms with Crippen molar-refractivity contribution in [1.29, 1.82) is 0 Å². The number of benzene rings is 3. The van der Waals surface area contributed by atoms with Gasteiger partial charge in [-0.05, 0) is 22.8 Å². The van der Waals surface area contributed by atoms with E-state index < -0.39 is 0 Å². The molecule has 0 aliphatic carbocycles. The van der Waals surface area contributed by atoms with Gasteiger partial charge in [0.1, 0.15) is 18.9 Å². The Kier molecular flexibility index (Phi) is 4.23. The molecule has 0 saturated heterocycles. The van der Waals surface area contributed by atoms with E-state index in [1.807, 2.05) is 0 Å². The standard InChI is InChI=1S/C26H21N2/c1-4-10-21(11-5-1)20-28-19-18-27-17-16-24(22-12-6-2-7-13-22)25(26(27)28)23-14-8-3-9-15-23/h1-19H,20H2/q+1. The third-order valence-electron chi connectivity index (χ3n) is 5.16. The van der Waals surface area contributed by atoms with Crippen molar-refractivity contribution in [1.82, 2.24) is 4.40 Å². The van der Waals surface area contributed by atoms with Gasteiger partial charge in [0.05, 0.1) is 11.8 Å². The van der Waals surface area contributed by atoms with Gasteiger partial charge in [0.25, 0.3) is 5.65 Å². The Balaban J connectivity index is 1.78. The Morgan fingerprint density at radius 2 is 1.21 bits per heavy atom. The van der Waals surface area contributed by atoms with Crippen LogP contribution in [0, 0.1) is 0 Å². The lowest BCUT2D eigenvalue weighted by Crippen LogP contribution is -2.33. The van der Waals surface area contributed by atoms with Crippen LogP contribution in [0.15, 0.2) is 116 Å². The van der Waals surface area contributed by atoms with Gasteiger partial charge in [-0.25, -0.2) is 8.97 Å². The van der Waals surface area contributed by atoms with Crippen molar-refractivity contribution in [2.75, 3.05) is 0 Å². The summed E-state index contributed by atoms with van der Waals surface area (Å²) in [7, 11) is 0. The van der Waals surface area contributed by atoms with Gasteiger partial charge in [0.15, 0.2) is 0 Å². The molecule has 0 spiro atoms. The first kappa shape index (κ1) is 16.5. The zero-order chi connectivity index (χ0) is 18.8. The number of imidazole rings is 1. The first-order valence-electron chi connectivity index (χ1n) is 9.58. The fourth-order valence-electron chi connectivity index (χ4n) is 3.85. The molecule has 0 atom stereocenters. The molecular weight excluding hydrogens is 340 g/mol. The third-order valence-corrected chi connectivity index (χ3v) is 5.16. The molecule has 0 saturated carbocycles. The van der Waals surface area contributed by atoms with E-state index in [-0.39, 0.29) is 0 Å². The van der Waals surface area contributed by atoms with Crippen molar-refractivity contribution < 1.29 is 4.57 Å². The molecule has 0 N–H and O–H groups in total. The summed E-state index contributed by atoms with van der Waals surface area (Å²) in [6.45, 7) is 0.843. The normalized spacial score (nSPS) is 11.0. The van der Waals surface area contributed by atoms with Crippen molar-refractivity contribution in [2.45, 2.75) is 6.54 Å². The lowest BCUT2D eigenvalue weighted by Gasteiger charge is -2.11. The van der Waals surface area contributed by atoms with Crippen LogP contribution in [0.5, 0.6) is 0 Å². The molecule has 0 bridgehead atoms. The van der Waals surface area contributed by atoms with E-state index in [0.717, 1.165) is 6.54 Å². The van der Waals surface area contributed by atoms with Gasteiger partial charge in [-0.2, -0.15) is 0 Å². The molecule has 28 heavy (non-hydrogen) atoms. The Hall–Kier alpha value is -3.65. The maximum absolute atomic E-state index is 2.34. The highest BCUT2D eigenvalue weighted by molar-refractivity contribution is 5.90. The van der Waals surface area contributed by atoms with Gasteiger partial charge in [0.2, 0.25) is 0 Å². The largest absolute Gasteiger partial charge is 0.295 e. The van der Waals surface area contributed by atoms with Crippen LogP contribution in [0.3, 0.4) is 0 Å². The lowest BCUT2D eigenvalue weighted by atomic mass is 9.96. The second-order valence-corrected chi connectivity index (χ2v) is 6.98. The van der Waals surface area contributed by atoms with Gasteiger partial charge in [0, 0.05) is 5.56 Å². The van der Waals surface area contributed by atoms with Crippen molar-refractivity contribution in [3.05, 3.63) is 121 Å². The predicted molar refractivity (Wildman–Crippen MR) is 114 cm³/mol. The monoisotopic (exact) mass is 361 g/mol. The second kappa shape index (κ2) is 7.16. The first-order valence-corrected chi connectivity index (χ1v) is 9.58. The number of hydrogen-bond acceptors (Lipinski definition) is 0. The zero-order valence-electron chi connectivity index (χ0n) is 15.6. The SMILES string of the molecule is c1ccc(C[n+]2ccn3ccc(-c4ccccc4)c(-c4ccccc4)c32)cc1. The highest BCUT2D eigenvalue weighted by Gasteiger charge is 2.21. The van der Waals surface area contributed by atoms with E-state index in [0.29, 0.717) is 0 Å². The quantitative estimate of drug-likeness (QED) is 0.368. The molecule has 2 nitrogen and oxygen atoms in total. The summed E-state index contributed by atoms with van der Waals surface area (Å²) < 4.78 is 4.56. The summed E-state index contributed by atoms with van der Waals surface area (Å²) >= 11 is 0. The van der Waals surface area contributed by atoms with Gasteiger partial charge in [-0.1, -0.05) is 91.0 Å². The van der Waals surface area contributed by atoms with Crippen LogP contribution in [0.2, 0.25) is 0 Å². The fraction of sp³-hybridized carbons (Fsp3) is 0.0385. The minimum Gasteiger partial charge on any atom is -0.225 e. The van der Waals surface area contributed by atoms with Gasteiger partial charge >= 0.3 is 0 Å². The Morgan fingerprint density at radius 1 is 0.607 bits per heavy atom. The molecule has 5 rings (SSSR count). The summed E-state index contributed by atoms with van der Waals surface area (Å²) in [5.74, 6) is 0. The molecule has 0 aliphatic heterocycles. The molecule has 0 aliphatic rings. The van der Waals surface area contributed by atoms with Crippen molar-refractivity contribution >= 4 is 5.65 Å². The molecule has 0 fully saturated rings. The molecule has 0 radical (unpaired) electrons. The topological polar surface area (TPSA) is 8.29 Å². The number of aromatic nitrogens is 2. The average Bonchev–Trinajstić information content (AvgIpc) is 3.18. The van der Waals surface area contributed by atoms with Crippen LogP contribution in [-0.4, -0.2) is 4.40 Å². The van der Waals surface area contributed by atoms with Crippen LogP contribution in [0.4, 0.5) is 0 Å². The number of fused-ring (bicyclic) bond motifs is 1. The molecule has 0 amide bonds. The highest BCUT2D eigenvalue weighted by atomic mass is 15.1. The molecule has 0 unspecified atom stereocenters. The van der Waals surface area contributed by atoms with Gasteiger partial charge in [-0.15, -0.1) is 0 Å². The smallest absolute Gasteiger partial charge is 0.225 e. The highest BCUT2D eigenvalue weighted by Crippen LogP contribution is 2.34. The molecule has 2 heterocycles. The van der Waals surface area contributed by atoms with Crippen LogP contribution >= 0.6 is 0 Å². The number of rotatable bonds is 4. The molecule has 2 heteroatoms. The molecule has 2 aromatic heterocycles. The maximum atomic E-state index is 2.34. The Morgan fingerprint density at radius 3 is 1.89 bits per heavy atom. The van der Waals surface area contributed by atoms with E-state index in [1.165, 1.54) is 33.5 Å². The predicted octanol–water partition coefficient (Wildman–Crippen LogP) is 5.61. The van der Waals surface area contributed by atoms with Gasteiger partial charge in [-0.3, -0.25) is 0 Å². The molecular formula is C26H21N2+. The lowest BCUT2D eigenvalue weighted by molar-refractivity contribution is -0.661. The van der Waals surface area contributed by atoms with E-state index in [9.17, 15) is 0 Å². The van der Waals surface area contributed by atoms with Crippen molar-refractivity contribution in [3.63, 3.8) is 0 Å². The van der Waals surface area contributed by atoms with Crippen LogP contribution < -0.4 is 4.57 Å². The van der Waals surface area contributed by atoms with Crippen LogP contribution in [0.25, 0.3) is 27.9 Å². The number of nitrogens with zero attached hydrogens (tertiary/aromatic N) is 2. The fourth-order valence-corrected chi connectivity index (χ4v) is 3.85. The molecule has 5 aromatic rings. The zero-order valence-corrected chi connectivity index (χ0v) is 15.6. The maximum Gasteiger partial charge on any atom is 0.295 e. The van der Waals surface area contributed by atoms with Crippen LogP contribution in [-0.2, 0) is 6.54 Å². The number of pyridine rings is 1. The minimum absolute atomic E-state index is 0.843. The first-order chi connectivity index (χ1) is 13.9. The van der Waals surface area contributed by atoms with E-state index in [1.54, 1.807) is 0 Å². The minimum atomic E-state index is 0.843. The summed E-state index contributed by atoms with van der Waals surface area (Å²) in [5.41, 5.74) is 7.47. The van der Waals surface area contributed by atoms with Gasteiger partial charge < -0.3 is 0 Å². The molecule has 134 valence electrons. The summed E-state index contributed by atoms with van der Waals surface area (Å²) in [6.07, 6.45) is 6.47. The third kappa shape index (κ3) is 2.99. The van der Waals surface area contributed by atoms with E-state index in [4.69, 9.17) is 0 Å². The van der Waals surface area contributed by atoms with E-state index in [2.05, 4.69) is 125 Å². The summed E-state index contributed by atoms with van der Waals surface area (Å²) in [6, 6.07) is 34.2. The Bertz CT molecular complexity index is 1210. The van der Waals surface area contributed by atoms with Crippen molar-refractivity contribution in [3.8, 4) is 22.3 Å². The Labute approximate surface area is 165 Å². The number of hydrogen-bond donors (Lipinski definition) is 0.